The van der Waals surface area contributed by atoms with Gasteiger partial charge in [-0.05, 0) is 57.3 Å². The lowest BCUT2D eigenvalue weighted by atomic mass is 10.1. The van der Waals surface area contributed by atoms with Crippen LogP contribution in [0.5, 0.6) is 5.75 Å². The molecule has 44 heavy (non-hydrogen) atoms. The minimum Gasteiger partial charge on any atom is -0.496 e. The van der Waals surface area contributed by atoms with Crippen molar-refractivity contribution in [2.45, 2.75) is 23.8 Å². The number of halogens is 1. The van der Waals surface area contributed by atoms with E-state index in [4.69, 9.17) is 4.74 Å². The summed E-state index contributed by atoms with van der Waals surface area (Å²) in [6.45, 7) is 0.885. The molecule has 4 rings (SSSR count). The zero-order valence-electron chi connectivity index (χ0n) is 24.5. The average Bonchev–Trinajstić information content (AvgIpc) is 3.45. The summed E-state index contributed by atoms with van der Waals surface area (Å²) < 4.78 is 47.4. The van der Waals surface area contributed by atoms with E-state index in [9.17, 15) is 27.2 Å². The fourth-order valence-corrected chi connectivity index (χ4v) is 6.09. The van der Waals surface area contributed by atoms with Crippen molar-refractivity contribution in [2.24, 2.45) is 0 Å². The number of carbonyl (C=O) groups excluding carboxylic acids is 3. The van der Waals surface area contributed by atoms with E-state index in [0.29, 0.717) is 25.1 Å². The van der Waals surface area contributed by atoms with Crippen LogP contribution in [-0.2, 0) is 14.8 Å². The van der Waals surface area contributed by atoms with Crippen LogP contribution in [-0.4, -0.2) is 92.4 Å². The van der Waals surface area contributed by atoms with Crippen LogP contribution in [0.1, 0.15) is 33.7 Å². The van der Waals surface area contributed by atoms with Crippen LogP contribution in [0.3, 0.4) is 0 Å². The molecular weight excluding hydrogens is 593 g/mol. The normalized spacial score (nSPS) is 14.5. The summed E-state index contributed by atoms with van der Waals surface area (Å²) >= 11 is 0. The van der Waals surface area contributed by atoms with E-state index in [-0.39, 0.29) is 52.6 Å². The van der Waals surface area contributed by atoms with Gasteiger partial charge < -0.3 is 25.6 Å². The number of ether oxygens (including phenoxy) is 1. The van der Waals surface area contributed by atoms with Gasteiger partial charge in [0.25, 0.3) is 11.8 Å². The van der Waals surface area contributed by atoms with Crippen molar-refractivity contribution in [1.82, 2.24) is 24.7 Å². The number of hydrogen-bond acceptors (Lipinski definition) is 8. The smallest absolute Gasteiger partial charge is 0.271 e. The number of H-pyrrole nitrogens is 1. The Hall–Kier alpha value is -4.60. The second-order valence-electron chi connectivity index (χ2n) is 10.3. The molecule has 3 amide bonds. The van der Waals surface area contributed by atoms with Gasteiger partial charge in [0.15, 0.2) is 0 Å². The average molecular weight is 628 g/mol. The largest absolute Gasteiger partial charge is 0.496 e. The number of sulfonamides is 1. The van der Waals surface area contributed by atoms with Gasteiger partial charge in [-0.15, -0.1) is 0 Å². The predicted octanol–water partition coefficient (Wildman–Crippen LogP) is 2.45. The number of likely N-dealkylation sites (N-methyl/N-ethyl adjacent to an activating group) is 1. The summed E-state index contributed by atoms with van der Waals surface area (Å²) in [5, 5.41) is 14.4. The summed E-state index contributed by atoms with van der Waals surface area (Å²) in [6.07, 6.45) is 4.98. The van der Waals surface area contributed by atoms with Crippen LogP contribution in [0, 0.1) is 5.82 Å². The third-order valence-electron chi connectivity index (χ3n) is 6.81. The van der Waals surface area contributed by atoms with Gasteiger partial charge in [-0.2, -0.15) is 9.40 Å². The Bertz CT molecular complexity index is 1650. The van der Waals surface area contributed by atoms with Gasteiger partial charge in [-0.1, -0.05) is 18.2 Å². The number of aromatic amines is 1. The molecule has 0 bridgehead atoms. The lowest BCUT2D eigenvalue weighted by molar-refractivity contribution is -0.111. The van der Waals surface area contributed by atoms with Gasteiger partial charge in [-0.25, -0.2) is 12.8 Å². The third kappa shape index (κ3) is 7.86. The van der Waals surface area contributed by atoms with E-state index in [2.05, 4.69) is 26.1 Å². The van der Waals surface area contributed by atoms with Crippen molar-refractivity contribution >= 4 is 39.1 Å². The van der Waals surface area contributed by atoms with Gasteiger partial charge in [0, 0.05) is 37.4 Å². The molecule has 0 aliphatic carbocycles. The number of aromatic nitrogens is 2. The molecule has 0 saturated carbocycles. The maximum Gasteiger partial charge on any atom is 0.271 e. The van der Waals surface area contributed by atoms with Gasteiger partial charge in [0.1, 0.15) is 22.8 Å². The molecule has 1 saturated heterocycles. The topological polar surface area (TPSA) is 166 Å². The number of anilines is 2. The highest BCUT2D eigenvalue weighted by molar-refractivity contribution is 7.89. The summed E-state index contributed by atoms with van der Waals surface area (Å²) in [6, 6.07) is 9.65. The fraction of sp³-hybridized carbons (Fsp3) is 0.310. The molecule has 1 aliphatic rings. The lowest BCUT2D eigenvalue weighted by Crippen LogP contribution is -2.46. The first-order chi connectivity index (χ1) is 21.0. The SMILES string of the molecule is COc1cccc(F)c1C(=O)Nc1cn[nH]c1C(=O)NC1CCN(S(=O)(=O)c2cccc(NC(=O)/C=C/CN(C)C)c2)CC1. The van der Waals surface area contributed by atoms with E-state index in [1.165, 1.54) is 48.0 Å². The number of nitrogens with zero attached hydrogens (tertiary/aromatic N) is 3. The Morgan fingerprint density at radius 2 is 1.84 bits per heavy atom. The first-order valence-electron chi connectivity index (χ1n) is 13.7. The third-order valence-corrected chi connectivity index (χ3v) is 8.70. The van der Waals surface area contributed by atoms with Crippen molar-refractivity contribution in [1.29, 1.82) is 0 Å². The predicted molar refractivity (Wildman–Crippen MR) is 162 cm³/mol. The minimum absolute atomic E-state index is 0.0305. The zero-order valence-corrected chi connectivity index (χ0v) is 25.3. The number of amides is 3. The van der Waals surface area contributed by atoms with E-state index in [1.807, 2.05) is 19.0 Å². The van der Waals surface area contributed by atoms with Crippen molar-refractivity contribution in [3.05, 3.63) is 77.9 Å². The van der Waals surface area contributed by atoms with Crippen molar-refractivity contribution in [2.75, 3.05) is 51.5 Å². The Morgan fingerprint density at radius 3 is 2.55 bits per heavy atom. The van der Waals surface area contributed by atoms with Crippen LogP contribution in [0.2, 0.25) is 0 Å². The van der Waals surface area contributed by atoms with E-state index < -0.39 is 27.7 Å². The highest BCUT2D eigenvalue weighted by Crippen LogP contribution is 2.25. The number of nitrogens with one attached hydrogen (secondary N) is 4. The standard InChI is InChI=1S/C29H34FN7O6S/c1-36(2)14-6-11-25(38)32-20-7-4-8-21(17-20)44(41,42)37-15-12-19(13-16-37)33-29(40)27-23(18-31-35-27)34-28(39)26-22(30)9-5-10-24(26)43-3/h4-11,17-19H,12-16H2,1-3H3,(H,31,35)(H,32,38)(H,33,40)(H,34,39)/b11-6+. The van der Waals surface area contributed by atoms with Crippen LogP contribution >= 0.6 is 0 Å². The van der Waals surface area contributed by atoms with Gasteiger partial charge in [0.2, 0.25) is 15.9 Å². The zero-order chi connectivity index (χ0) is 31.9. The second kappa shape index (κ2) is 14.2. The monoisotopic (exact) mass is 627 g/mol. The quantitative estimate of drug-likeness (QED) is 0.235. The first-order valence-corrected chi connectivity index (χ1v) is 15.1. The molecule has 0 radical (unpaired) electrons. The number of piperidine rings is 1. The summed E-state index contributed by atoms with van der Waals surface area (Å²) in [5.74, 6) is -2.52. The number of hydrogen-bond donors (Lipinski definition) is 4. The molecule has 3 aromatic rings. The van der Waals surface area contributed by atoms with Crippen molar-refractivity contribution in [3.63, 3.8) is 0 Å². The molecule has 2 aromatic carbocycles. The van der Waals surface area contributed by atoms with Gasteiger partial charge in [0.05, 0.1) is 23.9 Å². The van der Waals surface area contributed by atoms with Crippen molar-refractivity contribution in [3.8, 4) is 5.75 Å². The number of carbonyl (C=O) groups is 3. The van der Waals surface area contributed by atoms with Crippen LogP contribution in [0.15, 0.2) is 65.7 Å². The molecular formula is C29H34FN7O6S. The van der Waals surface area contributed by atoms with Crippen LogP contribution in [0.4, 0.5) is 15.8 Å². The molecule has 234 valence electrons. The minimum atomic E-state index is -3.86. The molecule has 0 spiro atoms. The fourth-order valence-electron chi connectivity index (χ4n) is 4.57. The highest BCUT2D eigenvalue weighted by Gasteiger charge is 2.31. The number of methoxy groups -OCH3 is 1. The first kappa shape index (κ1) is 32.3. The van der Waals surface area contributed by atoms with E-state index in [1.54, 1.807) is 18.2 Å². The maximum absolute atomic E-state index is 14.3. The molecule has 13 nitrogen and oxygen atoms in total. The van der Waals surface area contributed by atoms with Gasteiger partial charge >= 0.3 is 0 Å². The molecule has 4 N–H and O–H groups in total. The molecule has 1 aliphatic heterocycles. The Morgan fingerprint density at radius 1 is 1.11 bits per heavy atom. The Balaban J connectivity index is 1.34. The second-order valence-corrected chi connectivity index (χ2v) is 12.2. The number of benzene rings is 2. The maximum atomic E-state index is 14.3. The lowest BCUT2D eigenvalue weighted by Gasteiger charge is -2.31. The number of rotatable bonds is 11. The molecule has 0 unspecified atom stereocenters. The molecule has 1 aromatic heterocycles. The van der Waals surface area contributed by atoms with Gasteiger partial charge in [-0.3, -0.25) is 19.5 Å². The summed E-state index contributed by atoms with van der Waals surface area (Å²) in [5.41, 5.74) is 0.0293. The van der Waals surface area contributed by atoms with E-state index >= 15 is 0 Å². The summed E-state index contributed by atoms with van der Waals surface area (Å²) in [7, 11) is 1.20. The molecule has 15 heteroatoms. The van der Waals surface area contributed by atoms with E-state index in [0.717, 1.165) is 6.07 Å². The molecule has 2 heterocycles. The van der Waals surface area contributed by atoms with Crippen molar-refractivity contribution < 1.29 is 31.9 Å². The Kier molecular flexibility index (Phi) is 10.5. The van der Waals surface area contributed by atoms with Crippen LogP contribution in [0.25, 0.3) is 0 Å². The highest BCUT2D eigenvalue weighted by atomic mass is 32.2. The Labute approximate surface area is 254 Å². The molecule has 1 fully saturated rings. The molecule has 0 atom stereocenters. The van der Waals surface area contributed by atoms with Crippen LogP contribution < -0.4 is 20.7 Å². The summed E-state index contributed by atoms with van der Waals surface area (Å²) in [4.78, 5) is 39.9.